The number of pyridine rings is 1. The number of aromatic nitrogens is 1. The lowest BCUT2D eigenvalue weighted by molar-refractivity contribution is -0.137. The van der Waals surface area contributed by atoms with E-state index in [-0.39, 0.29) is 11.5 Å². The summed E-state index contributed by atoms with van der Waals surface area (Å²) in [5.41, 5.74) is 0.583. The number of alkyl halides is 3. The normalized spacial score (nSPS) is 14.6. The van der Waals surface area contributed by atoms with Gasteiger partial charge in [-0.2, -0.15) is 13.2 Å². The summed E-state index contributed by atoms with van der Waals surface area (Å²) in [6.45, 7) is 3.58. The predicted molar refractivity (Wildman–Crippen MR) is 122 cm³/mol. The molecular formula is C24H23F4N5O. The molecule has 4 rings (SSSR count). The van der Waals surface area contributed by atoms with Gasteiger partial charge in [0.2, 0.25) is 0 Å². The van der Waals surface area contributed by atoms with Crippen LogP contribution in [-0.4, -0.2) is 42.1 Å². The molecule has 1 aliphatic rings. The number of rotatable bonds is 5. The fourth-order valence-electron chi connectivity index (χ4n) is 3.69. The van der Waals surface area contributed by atoms with Crippen LogP contribution in [0, 0.1) is 5.82 Å². The van der Waals surface area contributed by atoms with E-state index >= 15 is 0 Å². The second-order valence-corrected chi connectivity index (χ2v) is 7.91. The van der Waals surface area contributed by atoms with Crippen molar-refractivity contribution in [1.29, 1.82) is 0 Å². The highest BCUT2D eigenvalue weighted by atomic mass is 19.4. The second-order valence-electron chi connectivity index (χ2n) is 7.91. The maximum atomic E-state index is 13.9. The first-order valence-corrected chi connectivity index (χ1v) is 10.7. The molecule has 2 aromatic carbocycles. The monoisotopic (exact) mass is 473 g/mol. The number of carbonyl (C=O) groups is 1. The van der Waals surface area contributed by atoms with Crippen molar-refractivity contribution < 1.29 is 22.4 Å². The number of anilines is 3. The van der Waals surface area contributed by atoms with Crippen LogP contribution >= 0.6 is 0 Å². The van der Waals surface area contributed by atoms with Crippen LogP contribution in [0.4, 0.5) is 39.5 Å². The molecule has 0 bridgehead atoms. The molecule has 6 nitrogen and oxygen atoms in total. The number of nitrogens with zero attached hydrogens (tertiary/aromatic N) is 3. The van der Waals surface area contributed by atoms with Crippen LogP contribution in [0.15, 0.2) is 66.9 Å². The average Bonchev–Trinajstić information content (AvgIpc) is 2.81. The summed E-state index contributed by atoms with van der Waals surface area (Å²) >= 11 is 0. The molecule has 1 fully saturated rings. The van der Waals surface area contributed by atoms with E-state index in [9.17, 15) is 22.4 Å². The summed E-state index contributed by atoms with van der Waals surface area (Å²) in [6.07, 6.45) is -2.91. The quantitative estimate of drug-likeness (QED) is 0.500. The zero-order valence-corrected chi connectivity index (χ0v) is 18.1. The smallest absolute Gasteiger partial charge is 0.354 e. The maximum Gasteiger partial charge on any atom is 0.416 e. The first-order chi connectivity index (χ1) is 16.3. The van der Waals surface area contributed by atoms with Crippen molar-refractivity contribution in [3.8, 4) is 0 Å². The van der Waals surface area contributed by atoms with Gasteiger partial charge in [-0.15, -0.1) is 0 Å². The molecule has 1 aromatic heterocycles. The largest absolute Gasteiger partial charge is 0.416 e. The van der Waals surface area contributed by atoms with Crippen LogP contribution in [0.25, 0.3) is 0 Å². The molecule has 0 unspecified atom stereocenters. The third-order valence-corrected chi connectivity index (χ3v) is 5.52. The number of urea groups is 1. The Morgan fingerprint density at radius 3 is 2.15 bits per heavy atom. The van der Waals surface area contributed by atoms with E-state index in [1.807, 2.05) is 6.07 Å². The Labute approximate surface area is 194 Å². The van der Waals surface area contributed by atoms with Gasteiger partial charge in [0.1, 0.15) is 11.6 Å². The van der Waals surface area contributed by atoms with Gasteiger partial charge in [-0.3, -0.25) is 4.90 Å². The van der Waals surface area contributed by atoms with Crippen molar-refractivity contribution in [2.75, 3.05) is 41.7 Å². The summed E-state index contributed by atoms with van der Waals surface area (Å²) in [7, 11) is 0. The predicted octanol–water partition coefficient (Wildman–Crippen LogP) is 5.21. The summed E-state index contributed by atoms with van der Waals surface area (Å²) in [5, 5.41) is 5.10. The standard InChI is InChI=1S/C24H23F4N5O/c25-21-4-2-1-3-17(21)16-32-11-13-33(14-12-32)22-10-9-20(15-29-22)31-23(34)30-19-7-5-18(6-8-19)24(26,27)28/h1-10,15H,11-14,16H2,(H2,30,31,34). The van der Waals surface area contributed by atoms with E-state index in [4.69, 9.17) is 0 Å². The molecule has 2 heterocycles. The highest BCUT2D eigenvalue weighted by molar-refractivity contribution is 5.99. The Balaban J connectivity index is 1.26. The Kier molecular flexibility index (Phi) is 6.97. The number of amides is 2. The van der Waals surface area contributed by atoms with Crippen molar-refractivity contribution in [1.82, 2.24) is 9.88 Å². The van der Waals surface area contributed by atoms with Crippen molar-refractivity contribution >= 4 is 23.2 Å². The van der Waals surface area contributed by atoms with Crippen LogP contribution in [0.5, 0.6) is 0 Å². The maximum absolute atomic E-state index is 13.9. The van der Waals surface area contributed by atoms with Gasteiger partial charge in [0.05, 0.1) is 17.4 Å². The third kappa shape index (κ3) is 6.02. The fourth-order valence-corrected chi connectivity index (χ4v) is 3.69. The SMILES string of the molecule is O=C(Nc1ccc(C(F)(F)F)cc1)Nc1ccc(N2CCN(Cc3ccccc3F)CC2)nc1. The first kappa shape index (κ1) is 23.5. The van der Waals surface area contributed by atoms with Gasteiger partial charge in [0.15, 0.2) is 0 Å². The van der Waals surface area contributed by atoms with Gasteiger partial charge in [0.25, 0.3) is 0 Å². The minimum atomic E-state index is -4.43. The lowest BCUT2D eigenvalue weighted by Gasteiger charge is -2.35. The Morgan fingerprint density at radius 2 is 1.53 bits per heavy atom. The minimum absolute atomic E-state index is 0.197. The van der Waals surface area contributed by atoms with Crippen molar-refractivity contribution in [3.63, 3.8) is 0 Å². The zero-order valence-electron chi connectivity index (χ0n) is 18.1. The van der Waals surface area contributed by atoms with Gasteiger partial charge in [-0.1, -0.05) is 18.2 Å². The molecule has 10 heteroatoms. The van der Waals surface area contributed by atoms with Crippen molar-refractivity contribution in [2.24, 2.45) is 0 Å². The Hall–Kier alpha value is -3.66. The fraction of sp³-hybridized carbons (Fsp3) is 0.250. The number of benzene rings is 2. The Bertz CT molecular complexity index is 1110. The summed E-state index contributed by atoms with van der Waals surface area (Å²) in [6, 6.07) is 13.9. The van der Waals surface area contributed by atoms with Gasteiger partial charge < -0.3 is 15.5 Å². The molecular weight excluding hydrogens is 450 g/mol. The molecule has 0 radical (unpaired) electrons. The molecule has 0 saturated carbocycles. The molecule has 2 amide bonds. The van der Waals surface area contributed by atoms with Crippen LogP contribution in [0.1, 0.15) is 11.1 Å². The van der Waals surface area contributed by atoms with E-state index < -0.39 is 17.8 Å². The number of halogens is 4. The van der Waals surface area contributed by atoms with Crippen molar-refractivity contribution in [2.45, 2.75) is 12.7 Å². The lowest BCUT2D eigenvalue weighted by Crippen LogP contribution is -2.46. The number of piperazine rings is 1. The highest BCUT2D eigenvalue weighted by Crippen LogP contribution is 2.29. The summed E-state index contributed by atoms with van der Waals surface area (Å²) < 4.78 is 51.8. The molecule has 0 aliphatic carbocycles. The van der Waals surface area contributed by atoms with E-state index in [0.29, 0.717) is 17.8 Å². The minimum Gasteiger partial charge on any atom is -0.354 e. The number of nitrogens with one attached hydrogen (secondary N) is 2. The number of hydrogen-bond acceptors (Lipinski definition) is 4. The first-order valence-electron chi connectivity index (χ1n) is 10.7. The molecule has 1 aliphatic heterocycles. The number of carbonyl (C=O) groups excluding carboxylic acids is 1. The van der Waals surface area contributed by atoms with Crippen molar-refractivity contribution in [3.05, 3.63) is 83.8 Å². The van der Waals surface area contributed by atoms with Gasteiger partial charge in [-0.25, -0.2) is 14.2 Å². The second kappa shape index (κ2) is 10.1. The molecule has 2 N–H and O–H groups in total. The molecule has 0 spiro atoms. The lowest BCUT2D eigenvalue weighted by atomic mass is 10.2. The molecule has 34 heavy (non-hydrogen) atoms. The van der Waals surface area contributed by atoms with Crippen LogP contribution in [-0.2, 0) is 12.7 Å². The van der Waals surface area contributed by atoms with E-state index in [1.54, 1.807) is 24.3 Å². The molecule has 3 aromatic rings. The molecule has 178 valence electrons. The summed E-state index contributed by atoms with van der Waals surface area (Å²) in [4.78, 5) is 20.9. The highest BCUT2D eigenvalue weighted by Gasteiger charge is 2.30. The topological polar surface area (TPSA) is 60.5 Å². The molecule has 0 atom stereocenters. The van der Waals surface area contributed by atoms with E-state index in [0.717, 1.165) is 44.1 Å². The average molecular weight is 473 g/mol. The van der Waals surface area contributed by atoms with E-state index in [1.165, 1.54) is 24.4 Å². The summed E-state index contributed by atoms with van der Waals surface area (Å²) in [5.74, 6) is 0.566. The zero-order chi connectivity index (χ0) is 24.1. The van der Waals surface area contributed by atoms with Gasteiger partial charge in [0, 0.05) is 44.0 Å². The Morgan fingerprint density at radius 1 is 0.882 bits per heavy atom. The van der Waals surface area contributed by atoms with Crippen LogP contribution in [0.2, 0.25) is 0 Å². The van der Waals surface area contributed by atoms with E-state index in [2.05, 4.69) is 25.4 Å². The third-order valence-electron chi connectivity index (χ3n) is 5.52. The van der Waals surface area contributed by atoms with Crippen LogP contribution < -0.4 is 15.5 Å². The van der Waals surface area contributed by atoms with Crippen LogP contribution in [0.3, 0.4) is 0 Å². The van der Waals surface area contributed by atoms with Gasteiger partial charge in [-0.05, 0) is 42.5 Å². The number of hydrogen-bond donors (Lipinski definition) is 2. The van der Waals surface area contributed by atoms with Gasteiger partial charge >= 0.3 is 12.2 Å². The molecule has 1 saturated heterocycles.